The van der Waals surface area contributed by atoms with Crippen LogP contribution in [0.3, 0.4) is 0 Å². The van der Waals surface area contributed by atoms with Crippen molar-refractivity contribution in [2.75, 3.05) is 13.2 Å². The maximum atomic E-state index is 12.8. The van der Waals surface area contributed by atoms with Crippen molar-refractivity contribution in [2.45, 2.75) is 19.0 Å². The van der Waals surface area contributed by atoms with E-state index in [1.807, 2.05) is 30.3 Å². The highest BCUT2D eigenvalue weighted by Gasteiger charge is 2.28. The number of hydrogen-bond acceptors (Lipinski definition) is 2. The molecule has 0 atom stereocenters. The van der Waals surface area contributed by atoms with Crippen molar-refractivity contribution in [3.05, 3.63) is 35.9 Å². The van der Waals surface area contributed by atoms with Gasteiger partial charge in [-0.3, -0.25) is 0 Å². The minimum Gasteiger partial charge on any atom is -0.396 e. The second-order valence-corrected chi connectivity index (χ2v) is 3.31. The van der Waals surface area contributed by atoms with Gasteiger partial charge in [0.15, 0.2) is 0 Å². The number of hydrogen-bond donors (Lipinski definition) is 1. The Morgan fingerprint density at radius 2 is 1.87 bits per heavy atom. The fraction of sp³-hybridized carbons (Fsp3) is 0.455. The number of aliphatic hydroxyl groups excluding tert-OH is 1. The molecule has 0 aromatic heterocycles. The molecule has 4 heteroatoms. The number of rotatable bonds is 6. The first-order valence-electron chi connectivity index (χ1n) is 4.74. The molecule has 0 saturated heterocycles. The molecule has 1 aromatic carbocycles. The van der Waals surface area contributed by atoms with Gasteiger partial charge in [0.2, 0.25) is 0 Å². The summed E-state index contributed by atoms with van der Waals surface area (Å²) in [5.41, 5.74) is 0.859. The van der Waals surface area contributed by atoms with Crippen molar-refractivity contribution in [1.82, 2.24) is 0 Å². The lowest BCUT2D eigenvalue weighted by Gasteiger charge is -2.14. The van der Waals surface area contributed by atoms with Gasteiger partial charge < -0.3 is 9.84 Å². The average Bonchev–Trinajstić information content (AvgIpc) is 2.19. The number of halogens is 2. The third-order valence-electron chi connectivity index (χ3n) is 1.90. The molecule has 0 aliphatic heterocycles. The zero-order valence-corrected chi connectivity index (χ0v) is 8.33. The van der Waals surface area contributed by atoms with Crippen molar-refractivity contribution in [3.63, 3.8) is 0 Å². The van der Waals surface area contributed by atoms with E-state index in [1.54, 1.807) is 0 Å². The van der Waals surface area contributed by atoms with Gasteiger partial charge in [-0.25, -0.2) is 8.78 Å². The van der Waals surface area contributed by atoms with Crippen molar-refractivity contribution in [1.29, 1.82) is 0 Å². The van der Waals surface area contributed by atoms with Crippen LogP contribution >= 0.6 is 0 Å². The second kappa shape index (κ2) is 5.78. The predicted octanol–water partition coefficient (Wildman–Crippen LogP) is 2.22. The van der Waals surface area contributed by atoms with Crippen LogP contribution in [0.15, 0.2) is 30.3 Å². The number of ether oxygens (including phenoxy) is 1. The van der Waals surface area contributed by atoms with Crippen molar-refractivity contribution < 1.29 is 18.6 Å². The van der Waals surface area contributed by atoms with Crippen LogP contribution in [0.1, 0.15) is 12.0 Å². The molecule has 0 aliphatic rings. The summed E-state index contributed by atoms with van der Waals surface area (Å²) < 4.78 is 30.6. The summed E-state index contributed by atoms with van der Waals surface area (Å²) in [6.45, 7) is -1.01. The molecule has 1 rings (SSSR count). The number of benzene rings is 1. The second-order valence-electron chi connectivity index (χ2n) is 3.31. The van der Waals surface area contributed by atoms with Crippen LogP contribution < -0.4 is 0 Å². The van der Waals surface area contributed by atoms with Crippen LogP contribution in [0, 0.1) is 0 Å². The molecule has 84 valence electrons. The van der Waals surface area contributed by atoms with E-state index in [0.29, 0.717) is 0 Å². The SMILES string of the molecule is OCCC(F)(F)COCc1ccccc1. The van der Waals surface area contributed by atoms with E-state index in [1.165, 1.54) is 0 Å². The molecule has 15 heavy (non-hydrogen) atoms. The lowest BCUT2D eigenvalue weighted by Crippen LogP contribution is -2.24. The quantitative estimate of drug-likeness (QED) is 0.790. The molecule has 0 fully saturated rings. The maximum Gasteiger partial charge on any atom is 0.273 e. The first kappa shape index (κ1) is 12.1. The van der Waals surface area contributed by atoms with E-state index in [4.69, 9.17) is 9.84 Å². The minimum absolute atomic E-state index is 0.169. The largest absolute Gasteiger partial charge is 0.396 e. The molecule has 0 saturated carbocycles. The highest BCUT2D eigenvalue weighted by Crippen LogP contribution is 2.18. The Kier molecular flexibility index (Phi) is 4.65. The van der Waals surface area contributed by atoms with E-state index < -0.39 is 25.6 Å². The Labute approximate surface area is 87.5 Å². The average molecular weight is 216 g/mol. The fourth-order valence-corrected chi connectivity index (χ4v) is 1.13. The third-order valence-corrected chi connectivity index (χ3v) is 1.90. The van der Waals surface area contributed by atoms with E-state index in [0.717, 1.165) is 5.56 Å². The van der Waals surface area contributed by atoms with Gasteiger partial charge in [0.25, 0.3) is 5.92 Å². The Morgan fingerprint density at radius 1 is 1.20 bits per heavy atom. The van der Waals surface area contributed by atoms with Crippen LogP contribution in [-0.2, 0) is 11.3 Å². The predicted molar refractivity (Wildman–Crippen MR) is 52.7 cm³/mol. The van der Waals surface area contributed by atoms with Gasteiger partial charge in [-0.15, -0.1) is 0 Å². The van der Waals surface area contributed by atoms with Gasteiger partial charge >= 0.3 is 0 Å². The standard InChI is InChI=1S/C11H14F2O2/c12-11(13,6-7-14)9-15-8-10-4-2-1-3-5-10/h1-5,14H,6-9H2. The van der Waals surface area contributed by atoms with Crippen LogP contribution in [-0.4, -0.2) is 24.2 Å². The summed E-state index contributed by atoms with van der Waals surface area (Å²) in [6, 6.07) is 9.12. The first-order valence-corrected chi connectivity index (χ1v) is 4.74. The number of aliphatic hydroxyl groups is 1. The summed E-state index contributed by atoms with van der Waals surface area (Å²) in [5, 5.41) is 8.38. The molecule has 0 bridgehead atoms. The zero-order valence-electron chi connectivity index (χ0n) is 8.33. The molecule has 0 unspecified atom stereocenters. The molecule has 0 radical (unpaired) electrons. The fourth-order valence-electron chi connectivity index (χ4n) is 1.13. The maximum absolute atomic E-state index is 12.8. The van der Waals surface area contributed by atoms with Gasteiger partial charge in [-0.2, -0.15) is 0 Å². The van der Waals surface area contributed by atoms with Crippen molar-refractivity contribution in [2.24, 2.45) is 0 Å². The lowest BCUT2D eigenvalue weighted by molar-refractivity contribution is -0.0932. The van der Waals surface area contributed by atoms with E-state index in [2.05, 4.69) is 0 Å². The zero-order chi connectivity index (χ0) is 11.1. The van der Waals surface area contributed by atoms with Gasteiger partial charge in [-0.05, 0) is 5.56 Å². The Morgan fingerprint density at radius 3 is 2.47 bits per heavy atom. The summed E-state index contributed by atoms with van der Waals surface area (Å²) in [5.74, 6) is -2.94. The molecule has 2 nitrogen and oxygen atoms in total. The molecule has 1 aromatic rings. The van der Waals surface area contributed by atoms with Crippen molar-refractivity contribution in [3.8, 4) is 0 Å². The van der Waals surface area contributed by atoms with Crippen LogP contribution in [0.5, 0.6) is 0 Å². The summed E-state index contributed by atoms with van der Waals surface area (Å²) in [4.78, 5) is 0. The third kappa shape index (κ3) is 4.85. The smallest absolute Gasteiger partial charge is 0.273 e. The van der Waals surface area contributed by atoms with E-state index in [-0.39, 0.29) is 6.61 Å². The molecule has 0 amide bonds. The van der Waals surface area contributed by atoms with E-state index in [9.17, 15) is 8.78 Å². The van der Waals surface area contributed by atoms with Crippen molar-refractivity contribution >= 4 is 0 Å². The highest BCUT2D eigenvalue weighted by atomic mass is 19.3. The molecular weight excluding hydrogens is 202 g/mol. The topological polar surface area (TPSA) is 29.5 Å². The van der Waals surface area contributed by atoms with Gasteiger partial charge in [0.1, 0.15) is 6.61 Å². The molecule has 0 spiro atoms. The Balaban J connectivity index is 2.27. The lowest BCUT2D eigenvalue weighted by atomic mass is 10.2. The molecular formula is C11H14F2O2. The van der Waals surface area contributed by atoms with Gasteiger partial charge in [0.05, 0.1) is 6.61 Å². The summed E-state index contributed by atoms with van der Waals surface area (Å²) >= 11 is 0. The Hall–Kier alpha value is -1.00. The van der Waals surface area contributed by atoms with Gasteiger partial charge in [0, 0.05) is 13.0 Å². The van der Waals surface area contributed by atoms with E-state index >= 15 is 0 Å². The normalized spacial score (nSPS) is 11.7. The van der Waals surface area contributed by atoms with Crippen LogP contribution in [0.4, 0.5) is 8.78 Å². The Bertz CT molecular complexity index is 275. The van der Waals surface area contributed by atoms with Crippen LogP contribution in [0.25, 0.3) is 0 Å². The van der Waals surface area contributed by atoms with Gasteiger partial charge in [-0.1, -0.05) is 30.3 Å². The monoisotopic (exact) mass is 216 g/mol. The first-order chi connectivity index (χ1) is 7.14. The number of alkyl halides is 2. The molecule has 0 aliphatic carbocycles. The highest BCUT2D eigenvalue weighted by molar-refractivity contribution is 5.13. The molecule has 1 N–H and O–H groups in total. The molecule has 0 heterocycles. The summed E-state index contributed by atoms with van der Waals surface area (Å²) in [7, 11) is 0. The van der Waals surface area contributed by atoms with Crippen LogP contribution in [0.2, 0.25) is 0 Å². The minimum atomic E-state index is -2.94. The summed E-state index contributed by atoms with van der Waals surface area (Å²) in [6.07, 6.45) is -0.554.